The van der Waals surface area contributed by atoms with Crippen LogP contribution in [-0.2, 0) is 24.9 Å². The first-order valence-corrected chi connectivity index (χ1v) is 14.5. The van der Waals surface area contributed by atoms with Crippen LogP contribution < -0.4 is 4.74 Å². The second kappa shape index (κ2) is 8.51. The number of phenols is 1. The fourth-order valence-electron chi connectivity index (χ4n) is 3.92. The maximum atomic E-state index is 9.89. The molecule has 4 rings (SSSR count). The van der Waals surface area contributed by atoms with Crippen molar-refractivity contribution in [2.24, 2.45) is 7.05 Å². The highest BCUT2D eigenvalue weighted by Crippen LogP contribution is 2.35. The Morgan fingerprint density at radius 1 is 1.26 bits per heavy atom. The molecule has 0 saturated carbocycles. The molecule has 0 bridgehead atoms. The van der Waals surface area contributed by atoms with Gasteiger partial charge in [-0.2, -0.15) is 5.10 Å². The lowest BCUT2D eigenvalue weighted by atomic mass is 9.96. The lowest BCUT2D eigenvalue weighted by molar-refractivity contribution is 0.0830. The van der Waals surface area contributed by atoms with Gasteiger partial charge in [0.05, 0.1) is 23.9 Å². The quantitative estimate of drug-likeness (QED) is 0.437. The number of rotatable bonds is 7. The first kappa shape index (κ1) is 21.6. The third-order valence-electron chi connectivity index (χ3n) is 5.61. The number of nitrogens with zero attached hydrogens (tertiary/aromatic N) is 4. The first-order valence-electron chi connectivity index (χ1n) is 10.8. The fraction of sp³-hybridized carbons (Fsp3) is 0.478. The zero-order valence-corrected chi connectivity index (χ0v) is 20.1. The van der Waals surface area contributed by atoms with Crippen LogP contribution in [0.3, 0.4) is 0 Å². The van der Waals surface area contributed by atoms with E-state index in [-0.39, 0.29) is 11.7 Å². The molecule has 3 heterocycles. The summed E-state index contributed by atoms with van der Waals surface area (Å²) in [5.41, 5.74) is 3.83. The maximum Gasteiger partial charge on any atom is 0.124 e. The van der Waals surface area contributed by atoms with Gasteiger partial charge in [0.25, 0.3) is 0 Å². The predicted molar refractivity (Wildman–Crippen MR) is 123 cm³/mol. The Hall–Kier alpha value is -2.58. The van der Waals surface area contributed by atoms with Gasteiger partial charge in [0, 0.05) is 27.9 Å². The molecule has 1 N–H and O–H groups in total. The molecule has 7 nitrogen and oxygen atoms in total. The second-order valence-corrected chi connectivity index (χ2v) is 15.2. The number of imidazole rings is 1. The fourth-order valence-corrected chi connectivity index (χ4v) is 4.68. The number of ether oxygens (including phenoxy) is 2. The van der Waals surface area contributed by atoms with Crippen molar-refractivity contribution in [3.63, 3.8) is 0 Å². The molecule has 1 atom stereocenters. The molecule has 1 aliphatic heterocycles. The van der Waals surface area contributed by atoms with Crippen molar-refractivity contribution < 1.29 is 14.6 Å². The van der Waals surface area contributed by atoms with Gasteiger partial charge in [-0.3, -0.25) is 4.68 Å². The summed E-state index contributed by atoms with van der Waals surface area (Å²) in [6, 6.07) is 8.45. The van der Waals surface area contributed by atoms with Crippen LogP contribution in [0.25, 0.3) is 11.4 Å². The van der Waals surface area contributed by atoms with Crippen LogP contribution in [0.2, 0.25) is 25.7 Å². The van der Waals surface area contributed by atoms with Crippen LogP contribution in [0, 0.1) is 6.92 Å². The summed E-state index contributed by atoms with van der Waals surface area (Å²) in [6.07, 6.45) is 2.82. The van der Waals surface area contributed by atoms with Crippen molar-refractivity contribution in [1.82, 2.24) is 19.3 Å². The van der Waals surface area contributed by atoms with Crippen molar-refractivity contribution in [3.05, 3.63) is 47.5 Å². The standard InChI is InChI=1S/C23H32N4O3Si/c1-16-10-21(26(2)25-16)20-13-27(15-29-8-9-31(3,4)5)23(24-20)18-11-17-12-19(28)6-7-22(17)30-14-18/h6-7,10,12-13,18,28H,8-9,11,14-15H2,1-5H3. The van der Waals surface area contributed by atoms with E-state index in [1.54, 1.807) is 12.1 Å². The smallest absolute Gasteiger partial charge is 0.124 e. The van der Waals surface area contributed by atoms with E-state index >= 15 is 0 Å². The molecule has 2 aromatic heterocycles. The molecular weight excluding hydrogens is 408 g/mol. The average molecular weight is 441 g/mol. The van der Waals surface area contributed by atoms with Gasteiger partial charge in [-0.1, -0.05) is 19.6 Å². The largest absolute Gasteiger partial charge is 0.508 e. The normalized spacial score (nSPS) is 16.2. The number of aromatic nitrogens is 4. The van der Waals surface area contributed by atoms with Crippen LogP contribution in [0.4, 0.5) is 0 Å². The van der Waals surface area contributed by atoms with Gasteiger partial charge in [0.1, 0.15) is 29.7 Å². The van der Waals surface area contributed by atoms with E-state index in [0.29, 0.717) is 13.3 Å². The van der Waals surface area contributed by atoms with Crippen molar-refractivity contribution in [3.8, 4) is 22.9 Å². The van der Waals surface area contributed by atoms with Crippen LogP contribution in [0.5, 0.6) is 11.5 Å². The highest BCUT2D eigenvalue weighted by molar-refractivity contribution is 6.76. The summed E-state index contributed by atoms with van der Waals surface area (Å²) in [5, 5.41) is 14.4. The minimum atomic E-state index is -1.14. The van der Waals surface area contributed by atoms with Crippen molar-refractivity contribution in [1.29, 1.82) is 0 Å². The Balaban J connectivity index is 1.61. The number of benzene rings is 1. The number of aryl methyl sites for hydroxylation is 2. The maximum absolute atomic E-state index is 9.89. The molecule has 8 heteroatoms. The SMILES string of the molecule is Cc1cc(-c2cn(COCC[Si](C)(C)C)c(C3COc4ccc(O)cc4C3)n2)n(C)n1. The molecule has 1 aromatic carbocycles. The highest BCUT2D eigenvalue weighted by atomic mass is 28.3. The Bertz CT molecular complexity index is 1070. The minimum Gasteiger partial charge on any atom is -0.508 e. The van der Waals surface area contributed by atoms with Crippen LogP contribution in [-0.4, -0.2) is 45.7 Å². The Morgan fingerprint density at radius 2 is 2.06 bits per heavy atom. The van der Waals surface area contributed by atoms with Crippen LogP contribution in [0.15, 0.2) is 30.5 Å². The molecule has 0 aliphatic carbocycles. The van der Waals surface area contributed by atoms with E-state index < -0.39 is 8.07 Å². The molecule has 0 fully saturated rings. The third kappa shape index (κ3) is 5.02. The molecular formula is C23H32N4O3Si. The number of hydrogen-bond acceptors (Lipinski definition) is 5. The molecule has 166 valence electrons. The highest BCUT2D eigenvalue weighted by Gasteiger charge is 2.27. The summed E-state index contributed by atoms with van der Waals surface area (Å²) in [7, 11) is 0.795. The van der Waals surface area contributed by atoms with Crippen LogP contribution >= 0.6 is 0 Å². The Labute approximate surface area is 184 Å². The molecule has 1 aliphatic rings. The van der Waals surface area contributed by atoms with Gasteiger partial charge in [-0.05, 0) is 49.2 Å². The molecule has 3 aromatic rings. The summed E-state index contributed by atoms with van der Waals surface area (Å²) >= 11 is 0. The molecule has 31 heavy (non-hydrogen) atoms. The molecule has 0 amide bonds. The Morgan fingerprint density at radius 3 is 2.77 bits per heavy atom. The lowest BCUT2D eigenvalue weighted by Gasteiger charge is -2.25. The topological polar surface area (TPSA) is 74.3 Å². The average Bonchev–Trinajstić information content (AvgIpc) is 3.26. The zero-order valence-electron chi connectivity index (χ0n) is 19.1. The van der Waals surface area contributed by atoms with E-state index in [0.717, 1.165) is 53.3 Å². The van der Waals surface area contributed by atoms with Gasteiger partial charge >= 0.3 is 0 Å². The zero-order chi connectivity index (χ0) is 22.2. The van der Waals surface area contributed by atoms with Gasteiger partial charge < -0.3 is 19.1 Å². The summed E-state index contributed by atoms with van der Waals surface area (Å²) in [5.74, 6) is 2.11. The van der Waals surface area contributed by atoms with Crippen molar-refractivity contribution >= 4 is 8.07 Å². The van der Waals surface area contributed by atoms with Gasteiger partial charge in [-0.25, -0.2) is 4.98 Å². The van der Waals surface area contributed by atoms with Gasteiger partial charge in [0.2, 0.25) is 0 Å². The number of aromatic hydroxyl groups is 1. The second-order valence-electron chi connectivity index (χ2n) is 9.60. The molecule has 0 saturated heterocycles. The predicted octanol–water partition coefficient (Wildman–Crippen LogP) is 4.33. The molecule has 0 radical (unpaired) electrons. The monoisotopic (exact) mass is 440 g/mol. The number of hydrogen-bond donors (Lipinski definition) is 1. The van der Waals surface area contributed by atoms with Crippen molar-refractivity contribution in [2.45, 2.75) is 51.7 Å². The lowest BCUT2D eigenvalue weighted by Crippen LogP contribution is -2.24. The van der Waals surface area contributed by atoms with E-state index in [4.69, 9.17) is 14.5 Å². The first-order chi connectivity index (χ1) is 14.7. The molecule has 1 unspecified atom stereocenters. The third-order valence-corrected chi connectivity index (χ3v) is 7.32. The number of phenolic OH excluding ortho intramolecular Hbond substituents is 1. The molecule has 0 spiro atoms. The van der Waals surface area contributed by atoms with E-state index in [1.165, 1.54) is 0 Å². The van der Waals surface area contributed by atoms with Gasteiger partial charge in [-0.15, -0.1) is 0 Å². The summed E-state index contributed by atoms with van der Waals surface area (Å²) in [4.78, 5) is 4.99. The summed E-state index contributed by atoms with van der Waals surface area (Å²) in [6.45, 7) is 10.8. The van der Waals surface area contributed by atoms with Gasteiger partial charge in [0.15, 0.2) is 0 Å². The van der Waals surface area contributed by atoms with E-state index in [9.17, 15) is 5.11 Å². The van der Waals surface area contributed by atoms with E-state index in [1.807, 2.05) is 30.8 Å². The van der Waals surface area contributed by atoms with Crippen LogP contribution in [0.1, 0.15) is 23.0 Å². The summed E-state index contributed by atoms with van der Waals surface area (Å²) < 4.78 is 16.0. The van der Waals surface area contributed by atoms with Crippen molar-refractivity contribution in [2.75, 3.05) is 13.2 Å². The minimum absolute atomic E-state index is 0.0814. The number of fused-ring (bicyclic) bond motifs is 1. The van der Waals surface area contributed by atoms with E-state index in [2.05, 4.69) is 35.5 Å². The Kier molecular flexibility index (Phi) is 5.94.